The third-order valence-corrected chi connectivity index (χ3v) is 5.03. The molecule has 0 fully saturated rings. The fourth-order valence-corrected chi connectivity index (χ4v) is 2.98. The van der Waals surface area contributed by atoms with Crippen molar-refractivity contribution in [1.29, 1.82) is 0 Å². The fraction of sp³-hybridized carbons (Fsp3) is 0.364. The second-order valence-electron chi connectivity index (χ2n) is 4.26. The predicted octanol–water partition coefficient (Wildman–Crippen LogP) is 2.46. The summed E-state index contributed by atoms with van der Waals surface area (Å²) < 4.78 is 24.1. The van der Waals surface area contributed by atoms with Crippen molar-refractivity contribution in [3.05, 3.63) is 33.4 Å². The van der Waals surface area contributed by atoms with Crippen LogP contribution in [-0.2, 0) is 9.84 Å². The van der Waals surface area contributed by atoms with Crippen LogP contribution in [0.5, 0.6) is 0 Å². The van der Waals surface area contributed by atoms with Crippen LogP contribution in [0.15, 0.2) is 17.0 Å². The molecule has 8 heteroatoms. The molecule has 0 spiro atoms. The fourth-order valence-electron chi connectivity index (χ4n) is 1.51. The van der Waals surface area contributed by atoms with Crippen LogP contribution >= 0.6 is 11.6 Å². The average molecular weight is 306 g/mol. The van der Waals surface area contributed by atoms with Gasteiger partial charge in [0.25, 0.3) is 10.9 Å². The standard InChI is InChI=1S/C11H12ClNO5S/c1-6(2)19(17,18)10-4-7(3)8(11(12)14)5-9(10)13(15)16/h4-6H,1-3H3. The van der Waals surface area contributed by atoms with Gasteiger partial charge in [-0.25, -0.2) is 8.42 Å². The van der Waals surface area contributed by atoms with Crippen LogP contribution in [0.4, 0.5) is 5.69 Å². The van der Waals surface area contributed by atoms with Crippen LogP contribution in [-0.4, -0.2) is 23.8 Å². The van der Waals surface area contributed by atoms with Crippen molar-refractivity contribution in [2.75, 3.05) is 0 Å². The minimum atomic E-state index is -3.81. The Kier molecular flexibility index (Phi) is 4.32. The number of nitro groups is 1. The number of nitro benzene ring substituents is 1. The van der Waals surface area contributed by atoms with E-state index in [9.17, 15) is 23.3 Å². The lowest BCUT2D eigenvalue weighted by atomic mass is 10.1. The van der Waals surface area contributed by atoms with E-state index in [1.54, 1.807) is 0 Å². The van der Waals surface area contributed by atoms with Crippen molar-refractivity contribution in [2.45, 2.75) is 30.9 Å². The first-order chi connectivity index (χ1) is 8.59. The molecule has 1 rings (SSSR count). The number of sulfone groups is 1. The van der Waals surface area contributed by atoms with Crippen LogP contribution in [0.1, 0.15) is 29.8 Å². The van der Waals surface area contributed by atoms with E-state index in [1.165, 1.54) is 20.8 Å². The number of rotatable bonds is 4. The van der Waals surface area contributed by atoms with Crippen molar-refractivity contribution in [2.24, 2.45) is 0 Å². The summed E-state index contributed by atoms with van der Waals surface area (Å²) in [5.41, 5.74) is -0.427. The monoisotopic (exact) mass is 305 g/mol. The molecular formula is C11H12ClNO5S. The molecule has 0 N–H and O–H groups in total. The van der Waals surface area contributed by atoms with E-state index in [4.69, 9.17) is 11.6 Å². The summed E-state index contributed by atoms with van der Waals surface area (Å²) >= 11 is 5.30. The Balaban J connectivity index is 3.72. The first-order valence-corrected chi connectivity index (χ1v) is 7.24. The molecule has 0 unspecified atom stereocenters. The van der Waals surface area contributed by atoms with E-state index in [0.717, 1.165) is 12.1 Å². The lowest BCUT2D eigenvalue weighted by Crippen LogP contribution is -2.16. The number of nitrogens with zero attached hydrogens (tertiary/aromatic N) is 1. The predicted molar refractivity (Wildman–Crippen MR) is 70.3 cm³/mol. The van der Waals surface area contributed by atoms with Gasteiger partial charge in [0.1, 0.15) is 4.90 Å². The third kappa shape index (κ3) is 2.93. The normalized spacial score (nSPS) is 11.6. The summed E-state index contributed by atoms with van der Waals surface area (Å²) in [7, 11) is -3.81. The maximum absolute atomic E-state index is 12.1. The Morgan fingerprint density at radius 2 is 1.89 bits per heavy atom. The number of carbonyl (C=O) groups excluding carboxylic acids is 1. The summed E-state index contributed by atoms with van der Waals surface area (Å²) in [5, 5.41) is 9.29. The maximum Gasteiger partial charge on any atom is 0.288 e. The SMILES string of the molecule is Cc1cc(S(=O)(=O)C(C)C)c([N+](=O)[O-])cc1C(=O)Cl. The molecule has 0 saturated carbocycles. The van der Waals surface area contributed by atoms with Gasteiger partial charge in [-0.3, -0.25) is 14.9 Å². The first kappa shape index (κ1) is 15.6. The molecule has 0 heterocycles. The highest BCUT2D eigenvalue weighted by atomic mass is 35.5. The van der Waals surface area contributed by atoms with E-state index in [2.05, 4.69) is 0 Å². The van der Waals surface area contributed by atoms with Crippen molar-refractivity contribution < 1.29 is 18.1 Å². The molecule has 0 aliphatic carbocycles. The number of hydrogen-bond acceptors (Lipinski definition) is 5. The van der Waals surface area contributed by atoms with Gasteiger partial charge >= 0.3 is 0 Å². The summed E-state index contributed by atoms with van der Waals surface area (Å²) in [5.74, 6) is 0. The molecule has 19 heavy (non-hydrogen) atoms. The maximum atomic E-state index is 12.1. The summed E-state index contributed by atoms with van der Waals surface area (Å²) in [4.78, 5) is 20.9. The van der Waals surface area contributed by atoms with Gasteiger partial charge in [0.2, 0.25) is 0 Å². The van der Waals surface area contributed by atoms with Crippen molar-refractivity contribution in [3.63, 3.8) is 0 Å². The van der Waals surface area contributed by atoms with Gasteiger partial charge in [-0.15, -0.1) is 0 Å². The number of benzene rings is 1. The van der Waals surface area contributed by atoms with E-state index in [-0.39, 0.29) is 11.1 Å². The average Bonchev–Trinajstić information content (AvgIpc) is 2.27. The Hall–Kier alpha value is -1.47. The van der Waals surface area contributed by atoms with Gasteiger partial charge in [0, 0.05) is 11.6 Å². The van der Waals surface area contributed by atoms with Crippen LogP contribution in [0.3, 0.4) is 0 Å². The smallest absolute Gasteiger partial charge is 0.276 e. The van der Waals surface area contributed by atoms with Crippen molar-refractivity contribution >= 4 is 32.4 Å². The van der Waals surface area contributed by atoms with Crippen molar-refractivity contribution in [1.82, 2.24) is 0 Å². The molecule has 104 valence electrons. The highest BCUT2D eigenvalue weighted by Crippen LogP contribution is 2.30. The van der Waals surface area contributed by atoms with E-state index in [0.29, 0.717) is 0 Å². The third-order valence-electron chi connectivity index (χ3n) is 2.64. The Morgan fingerprint density at radius 1 is 1.37 bits per heavy atom. The van der Waals surface area contributed by atoms with E-state index < -0.39 is 35.8 Å². The minimum absolute atomic E-state index is 0.0731. The van der Waals surface area contributed by atoms with E-state index in [1.807, 2.05) is 0 Å². The molecule has 1 aromatic rings. The van der Waals surface area contributed by atoms with Crippen LogP contribution < -0.4 is 0 Å². The van der Waals surface area contributed by atoms with Gasteiger partial charge < -0.3 is 0 Å². The molecule has 0 aliphatic rings. The molecule has 0 aromatic heterocycles. The minimum Gasteiger partial charge on any atom is -0.276 e. The number of carbonyl (C=O) groups is 1. The largest absolute Gasteiger partial charge is 0.288 e. The molecule has 0 amide bonds. The molecule has 0 aliphatic heterocycles. The molecule has 0 atom stereocenters. The van der Waals surface area contributed by atoms with E-state index >= 15 is 0 Å². The summed E-state index contributed by atoms with van der Waals surface area (Å²) in [6.07, 6.45) is 0. The zero-order valence-corrected chi connectivity index (χ0v) is 12.1. The van der Waals surface area contributed by atoms with Crippen LogP contribution in [0, 0.1) is 17.0 Å². The van der Waals surface area contributed by atoms with Crippen LogP contribution in [0.25, 0.3) is 0 Å². The highest BCUT2D eigenvalue weighted by Gasteiger charge is 2.30. The number of halogens is 1. The molecule has 0 radical (unpaired) electrons. The van der Waals surface area contributed by atoms with Crippen LogP contribution in [0.2, 0.25) is 0 Å². The Labute approximate surface area is 115 Å². The molecule has 0 bridgehead atoms. The van der Waals surface area contributed by atoms with Gasteiger partial charge in [-0.2, -0.15) is 0 Å². The summed E-state index contributed by atoms with van der Waals surface area (Å²) in [6.45, 7) is 4.32. The highest BCUT2D eigenvalue weighted by molar-refractivity contribution is 7.92. The molecule has 1 aromatic carbocycles. The zero-order chi connectivity index (χ0) is 15.0. The molecule has 0 saturated heterocycles. The second-order valence-corrected chi connectivity index (χ2v) is 7.08. The number of aryl methyl sites for hydroxylation is 1. The molecule has 6 nitrogen and oxygen atoms in total. The lowest BCUT2D eigenvalue weighted by Gasteiger charge is -2.10. The topological polar surface area (TPSA) is 94.3 Å². The quantitative estimate of drug-likeness (QED) is 0.484. The summed E-state index contributed by atoms with van der Waals surface area (Å²) in [6, 6.07) is 2.02. The van der Waals surface area contributed by atoms with Crippen molar-refractivity contribution in [3.8, 4) is 0 Å². The Bertz CT molecular complexity index is 651. The van der Waals surface area contributed by atoms with Gasteiger partial charge in [0.05, 0.1) is 10.2 Å². The zero-order valence-electron chi connectivity index (χ0n) is 10.5. The Morgan fingerprint density at radius 3 is 2.26 bits per heavy atom. The van der Waals surface area contributed by atoms with Gasteiger partial charge in [-0.05, 0) is 44.0 Å². The first-order valence-electron chi connectivity index (χ1n) is 5.31. The number of hydrogen-bond donors (Lipinski definition) is 0. The second kappa shape index (κ2) is 5.26. The van der Waals surface area contributed by atoms with Gasteiger partial charge in [-0.1, -0.05) is 0 Å². The lowest BCUT2D eigenvalue weighted by molar-refractivity contribution is -0.387. The van der Waals surface area contributed by atoms with Gasteiger partial charge in [0.15, 0.2) is 9.84 Å². The molecular weight excluding hydrogens is 294 g/mol.